The highest BCUT2D eigenvalue weighted by Gasteiger charge is 2.33. The Labute approximate surface area is 181 Å². The van der Waals surface area contributed by atoms with Crippen LogP contribution < -0.4 is 18.1 Å². The summed E-state index contributed by atoms with van der Waals surface area (Å²) in [5.74, 6) is -2.34. The first kappa shape index (κ1) is 22.7. The van der Waals surface area contributed by atoms with Crippen LogP contribution in [0, 0.1) is 5.82 Å². The van der Waals surface area contributed by atoms with Crippen LogP contribution >= 0.6 is 15.9 Å². The van der Waals surface area contributed by atoms with Gasteiger partial charge in [0.25, 0.3) is 0 Å². The van der Waals surface area contributed by atoms with Crippen molar-refractivity contribution in [2.75, 3.05) is 0 Å². The molecule has 0 fully saturated rings. The van der Waals surface area contributed by atoms with E-state index in [1.54, 1.807) is 38.1 Å². The van der Waals surface area contributed by atoms with Gasteiger partial charge in [-0.3, -0.25) is 9.36 Å². The van der Waals surface area contributed by atoms with Crippen molar-refractivity contribution in [3.8, 4) is 5.69 Å². The zero-order chi connectivity index (χ0) is 20.6. The SMILES string of the molecule is CC(C)([NH3+])c1c(C(=O)O)ncn1-c1ccc(Br)cc1C(=O)c1ccccc1F.[Cl-]. The minimum absolute atomic E-state index is 0. The van der Waals surface area contributed by atoms with Gasteiger partial charge in [-0.15, -0.1) is 0 Å². The van der Waals surface area contributed by atoms with E-state index in [1.165, 1.54) is 29.1 Å². The molecule has 2 aromatic carbocycles. The van der Waals surface area contributed by atoms with E-state index in [0.29, 0.717) is 15.9 Å². The minimum atomic E-state index is -1.19. The molecule has 0 aliphatic rings. The molecule has 0 radical (unpaired) electrons. The number of aromatic nitrogens is 2. The molecule has 0 saturated heterocycles. The smallest absolute Gasteiger partial charge is 0.356 e. The molecule has 0 atom stereocenters. The third-order valence-electron chi connectivity index (χ3n) is 4.19. The average Bonchev–Trinajstić information content (AvgIpc) is 3.07. The molecule has 0 amide bonds. The zero-order valence-corrected chi connectivity index (χ0v) is 18.0. The lowest BCUT2D eigenvalue weighted by molar-refractivity contribution is -0.476. The first-order chi connectivity index (χ1) is 13.1. The number of ketones is 1. The third-order valence-corrected chi connectivity index (χ3v) is 4.69. The highest BCUT2D eigenvalue weighted by molar-refractivity contribution is 9.10. The van der Waals surface area contributed by atoms with Crippen LogP contribution in [0.3, 0.4) is 0 Å². The highest BCUT2D eigenvalue weighted by atomic mass is 79.9. The van der Waals surface area contributed by atoms with E-state index in [0.717, 1.165) is 0 Å². The maximum atomic E-state index is 14.2. The summed E-state index contributed by atoms with van der Waals surface area (Å²) >= 11 is 3.34. The Hall–Kier alpha value is -2.55. The summed E-state index contributed by atoms with van der Waals surface area (Å²) in [6.45, 7) is 3.51. The number of hydrogen-bond acceptors (Lipinski definition) is 3. The lowest BCUT2D eigenvalue weighted by atomic mass is 9.97. The molecule has 0 unspecified atom stereocenters. The lowest BCUT2D eigenvalue weighted by Gasteiger charge is -2.20. The Morgan fingerprint density at radius 2 is 1.83 bits per heavy atom. The van der Waals surface area contributed by atoms with E-state index in [2.05, 4.69) is 26.6 Å². The Kier molecular flexibility index (Phi) is 6.62. The molecule has 6 nitrogen and oxygen atoms in total. The summed E-state index contributed by atoms with van der Waals surface area (Å²) in [4.78, 5) is 28.7. The second kappa shape index (κ2) is 8.44. The predicted molar refractivity (Wildman–Crippen MR) is 104 cm³/mol. The monoisotopic (exact) mass is 481 g/mol. The average molecular weight is 483 g/mol. The fraction of sp³-hybridized carbons (Fsp3) is 0.150. The van der Waals surface area contributed by atoms with Crippen molar-refractivity contribution in [2.24, 2.45) is 0 Å². The number of carbonyl (C=O) groups excluding carboxylic acids is 1. The van der Waals surface area contributed by atoms with E-state index in [1.807, 2.05) is 0 Å². The highest BCUT2D eigenvalue weighted by Crippen LogP contribution is 2.29. The van der Waals surface area contributed by atoms with Crippen LogP contribution in [0.5, 0.6) is 0 Å². The molecule has 152 valence electrons. The molecular weight excluding hydrogens is 465 g/mol. The lowest BCUT2D eigenvalue weighted by Crippen LogP contribution is -3.00. The molecule has 3 rings (SSSR count). The zero-order valence-electron chi connectivity index (χ0n) is 15.6. The van der Waals surface area contributed by atoms with Gasteiger partial charge in [0.15, 0.2) is 11.5 Å². The van der Waals surface area contributed by atoms with Crippen molar-refractivity contribution < 1.29 is 37.2 Å². The van der Waals surface area contributed by atoms with Gasteiger partial charge in [-0.2, -0.15) is 0 Å². The Morgan fingerprint density at radius 3 is 2.41 bits per heavy atom. The maximum absolute atomic E-state index is 14.2. The molecule has 0 spiro atoms. The summed E-state index contributed by atoms with van der Waals surface area (Å²) in [6.07, 6.45) is 1.34. The number of hydrogen-bond donors (Lipinski definition) is 2. The number of nitrogens with zero attached hydrogens (tertiary/aromatic N) is 2. The number of rotatable bonds is 5. The number of benzene rings is 2. The summed E-state index contributed by atoms with van der Waals surface area (Å²) in [5, 5.41) is 9.50. The van der Waals surface area contributed by atoms with E-state index in [4.69, 9.17) is 0 Å². The molecule has 4 N–H and O–H groups in total. The van der Waals surface area contributed by atoms with E-state index in [-0.39, 0.29) is 29.2 Å². The van der Waals surface area contributed by atoms with Crippen molar-refractivity contribution in [1.29, 1.82) is 0 Å². The van der Waals surface area contributed by atoms with Crippen LogP contribution in [0.4, 0.5) is 4.39 Å². The largest absolute Gasteiger partial charge is 1.00 e. The van der Waals surface area contributed by atoms with Gasteiger partial charge in [-0.25, -0.2) is 14.2 Å². The van der Waals surface area contributed by atoms with Crippen LogP contribution in [0.25, 0.3) is 5.69 Å². The molecule has 0 saturated carbocycles. The van der Waals surface area contributed by atoms with Crippen molar-refractivity contribution in [2.45, 2.75) is 19.4 Å². The van der Waals surface area contributed by atoms with Crippen LogP contribution in [0.2, 0.25) is 0 Å². The van der Waals surface area contributed by atoms with Crippen LogP contribution in [-0.4, -0.2) is 26.4 Å². The van der Waals surface area contributed by atoms with Crippen molar-refractivity contribution in [1.82, 2.24) is 9.55 Å². The molecule has 0 aliphatic carbocycles. The molecule has 0 aliphatic heterocycles. The number of imidazole rings is 1. The van der Waals surface area contributed by atoms with Gasteiger partial charge in [0, 0.05) is 10.0 Å². The second-order valence-corrected chi connectivity index (χ2v) is 7.89. The fourth-order valence-corrected chi connectivity index (χ4v) is 3.39. The Morgan fingerprint density at radius 1 is 1.17 bits per heavy atom. The van der Waals surface area contributed by atoms with Crippen LogP contribution in [0.15, 0.2) is 53.3 Å². The third kappa shape index (κ3) is 4.39. The van der Waals surface area contributed by atoms with Gasteiger partial charge >= 0.3 is 5.97 Å². The number of quaternary nitrogens is 1. The minimum Gasteiger partial charge on any atom is -1.00 e. The second-order valence-electron chi connectivity index (χ2n) is 6.97. The molecule has 9 heteroatoms. The summed E-state index contributed by atoms with van der Waals surface area (Å²) < 4.78 is 16.4. The van der Waals surface area contributed by atoms with Gasteiger partial charge in [-0.05, 0) is 44.2 Å². The molecular formula is C20H18BrClFN3O3. The number of aromatic carboxylic acids is 1. The number of carboxylic acid groups (broad SMARTS) is 1. The Balaban J connectivity index is 0.00000300. The predicted octanol–water partition coefficient (Wildman–Crippen LogP) is 0.184. The number of carboxylic acids is 1. The first-order valence-electron chi connectivity index (χ1n) is 8.37. The van der Waals surface area contributed by atoms with Crippen LogP contribution in [-0.2, 0) is 5.54 Å². The molecule has 29 heavy (non-hydrogen) atoms. The van der Waals surface area contributed by atoms with E-state index >= 15 is 0 Å². The number of carbonyl (C=O) groups is 2. The Bertz CT molecular complexity index is 1090. The van der Waals surface area contributed by atoms with Gasteiger partial charge < -0.3 is 23.2 Å². The molecule has 1 aromatic heterocycles. The van der Waals surface area contributed by atoms with E-state index < -0.39 is 23.1 Å². The van der Waals surface area contributed by atoms with Gasteiger partial charge in [0.1, 0.15) is 23.4 Å². The topological polar surface area (TPSA) is 99.8 Å². The summed E-state index contributed by atoms with van der Waals surface area (Å²) in [6, 6.07) is 10.7. The van der Waals surface area contributed by atoms with E-state index in [9.17, 15) is 19.1 Å². The van der Waals surface area contributed by atoms with Crippen molar-refractivity contribution in [3.63, 3.8) is 0 Å². The molecule has 0 bridgehead atoms. The van der Waals surface area contributed by atoms with Gasteiger partial charge in [-0.1, -0.05) is 28.1 Å². The van der Waals surface area contributed by atoms with Crippen LogP contribution in [0.1, 0.15) is 46.0 Å². The van der Waals surface area contributed by atoms with Gasteiger partial charge in [0.2, 0.25) is 0 Å². The summed E-state index contributed by atoms with van der Waals surface area (Å²) in [7, 11) is 0. The fourth-order valence-electron chi connectivity index (χ4n) is 3.02. The van der Waals surface area contributed by atoms with Crippen molar-refractivity contribution in [3.05, 3.63) is 81.6 Å². The molecule has 3 aromatic rings. The van der Waals surface area contributed by atoms with Gasteiger partial charge in [0.05, 0.1) is 11.3 Å². The summed E-state index contributed by atoms with van der Waals surface area (Å²) in [5.41, 5.74) is 3.94. The first-order valence-corrected chi connectivity index (χ1v) is 9.16. The standard InChI is InChI=1S/C20H17BrFN3O3.ClH/c1-20(2,23)18-16(19(27)28)24-10-25(18)15-8-7-11(21)9-13(15)17(26)12-5-3-4-6-14(12)22;/h3-10H,23H2,1-2H3,(H,27,28);1H. The normalized spacial score (nSPS) is 11.1. The molecule has 1 heterocycles. The maximum Gasteiger partial charge on any atom is 0.356 e. The quantitative estimate of drug-likeness (QED) is 0.507. The number of halogens is 3. The van der Waals surface area contributed by atoms with Crippen molar-refractivity contribution >= 4 is 27.7 Å².